The molecule has 6 heteroatoms. The first-order valence-electron chi connectivity index (χ1n) is 34.4. The lowest BCUT2D eigenvalue weighted by Gasteiger charge is -2.18. The van der Waals surface area contributed by atoms with Crippen LogP contribution in [0.1, 0.15) is 355 Å². The molecule has 6 nitrogen and oxygen atoms in total. The lowest BCUT2D eigenvalue weighted by Crippen LogP contribution is -2.30. The number of rotatable bonds is 63. The average Bonchev–Trinajstić information content (AvgIpc) is 3.45. The molecular weight excluding hydrogens is 973 g/mol. The normalized spacial score (nSPS) is 12.5. The fourth-order valence-corrected chi connectivity index (χ4v) is 10.1. The SMILES string of the molecule is CC/C=C\C/C=C\C/C=C\C/C=C\C/C=C\CCCCCCCCCCCCCCCCCCCC(=O)OCC(COC(=O)CCCCCCCCCCCCCC)OC(=O)CCCCCCC/C=C\CCCCCCCCC. The molecule has 79 heavy (non-hydrogen) atoms. The third-order valence-corrected chi connectivity index (χ3v) is 15.2. The highest BCUT2D eigenvalue weighted by atomic mass is 16.6. The van der Waals surface area contributed by atoms with Crippen molar-refractivity contribution in [3.63, 3.8) is 0 Å². The molecule has 0 fully saturated rings. The maximum Gasteiger partial charge on any atom is 0.306 e. The maximum atomic E-state index is 12.9. The van der Waals surface area contributed by atoms with Gasteiger partial charge in [-0.05, 0) is 89.9 Å². The van der Waals surface area contributed by atoms with Gasteiger partial charge in [-0.3, -0.25) is 14.4 Å². The second kappa shape index (κ2) is 67.4. The van der Waals surface area contributed by atoms with E-state index in [4.69, 9.17) is 14.2 Å². The van der Waals surface area contributed by atoms with Crippen LogP contribution < -0.4 is 0 Å². The van der Waals surface area contributed by atoms with E-state index in [2.05, 4.69) is 93.7 Å². The van der Waals surface area contributed by atoms with Crippen LogP contribution in [0.25, 0.3) is 0 Å². The van der Waals surface area contributed by atoms with Crippen LogP contribution >= 0.6 is 0 Å². The van der Waals surface area contributed by atoms with Crippen LogP contribution in [0, 0.1) is 0 Å². The molecule has 0 rings (SSSR count). The van der Waals surface area contributed by atoms with Crippen LogP contribution in [0.3, 0.4) is 0 Å². The summed E-state index contributed by atoms with van der Waals surface area (Å²) in [4.78, 5) is 38.3. The highest BCUT2D eigenvalue weighted by Gasteiger charge is 2.19. The zero-order chi connectivity index (χ0) is 57.1. The molecule has 0 amide bonds. The van der Waals surface area contributed by atoms with Crippen LogP contribution in [0.15, 0.2) is 72.9 Å². The van der Waals surface area contributed by atoms with Gasteiger partial charge in [0.05, 0.1) is 0 Å². The lowest BCUT2D eigenvalue weighted by molar-refractivity contribution is -0.167. The molecule has 0 aromatic carbocycles. The Labute approximate surface area is 491 Å². The Bertz CT molecular complexity index is 1450. The number of ether oxygens (including phenoxy) is 3. The summed E-state index contributed by atoms with van der Waals surface area (Å²) in [6, 6.07) is 0. The number of hydrogen-bond donors (Lipinski definition) is 0. The first kappa shape index (κ1) is 75.8. The van der Waals surface area contributed by atoms with Gasteiger partial charge in [0.25, 0.3) is 0 Å². The predicted molar refractivity (Wildman–Crippen MR) is 344 cm³/mol. The molecule has 0 aliphatic carbocycles. The Kier molecular flexibility index (Phi) is 64.7. The largest absolute Gasteiger partial charge is 0.462 e. The number of hydrogen-bond acceptors (Lipinski definition) is 6. The summed E-state index contributed by atoms with van der Waals surface area (Å²) in [5.74, 6) is -0.861. The number of unbranched alkanes of at least 4 members (excludes halogenated alkanes) is 40. The van der Waals surface area contributed by atoms with Crippen LogP contribution in [0.5, 0.6) is 0 Å². The molecule has 0 saturated heterocycles. The summed E-state index contributed by atoms with van der Waals surface area (Å²) in [5.41, 5.74) is 0. The van der Waals surface area contributed by atoms with Gasteiger partial charge >= 0.3 is 17.9 Å². The molecule has 1 atom stereocenters. The first-order chi connectivity index (χ1) is 39.0. The molecule has 1 unspecified atom stereocenters. The standard InChI is InChI=1S/C73H130O6/c1-4-7-10-13-16-19-22-25-27-29-30-31-32-33-34-35-36-37-38-39-40-41-42-43-44-45-47-48-51-54-57-60-63-66-72(75)78-69-70(68-77-71(74)65-62-59-56-53-50-24-21-18-15-12-9-6-3)79-73(76)67-64-61-58-55-52-49-46-28-26-23-20-17-14-11-8-5-2/h7,10,16,19,25,27-28,30-31,33-34,46,70H,4-6,8-9,11-15,17-18,20-24,26,29,32,35-45,47-69H2,1-3H3/b10-7-,19-16-,27-25-,31-30-,34-33-,46-28-. The molecule has 0 bridgehead atoms. The van der Waals surface area contributed by atoms with Gasteiger partial charge < -0.3 is 14.2 Å². The van der Waals surface area contributed by atoms with E-state index < -0.39 is 6.10 Å². The molecule has 0 radical (unpaired) electrons. The highest BCUT2D eigenvalue weighted by molar-refractivity contribution is 5.71. The van der Waals surface area contributed by atoms with Gasteiger partial charge in [-0.25, -0.2) is 0 Å². The molecular formula is C73H130O6. The Morgan fingerprint density at radius 3 is 0.785 bits per heavy atom. The van der Waals surface area contributed by atoms with Gasteiger partial charge in [-0.15, -0.1) is 0 Å². The van der Waals surface area contributed by atoms with Gasteiger partial charge in [-0.2, -0.15) is 0 Å². The van der Waals surface area contributed by atoms with E-state index in [9.17, 15) is 14.4 Å². The summed E-state index contributed by atoms with van der Waals surface area (Å²) in [6.07, 6.45) is 87.9. The van der Waals surface area contributed by atoms with Gasteiger partial charge in [0.1, 0.15) is 13.2 Å². The summed E-state index contributed by atoms with van der Waals surface area (Å²) in [5, 5.41) is 0. The molecule has 0 aromatic heterocycles. The lowest BCUT2D eigenvalue weighted by atomic mass is 10.0. The van der Waals surface area contributed by atoms with Crippen molar-refractivity contribution in [1.82, 2.24) is 0 Å². The van der Waals surface area contributed by atoms with Gasteiger partial charge in [0.2, 0.25) is 0 Å². The number of allylic oxidation sites excluding steroid dienone is 12. The Morgan fingerprint density at radius 2 is 0.494 bits per heavy atom. The molecule has 0 saturated carbocycles. The first-order valence-corrected chi connectivity index (χ1v) is 34.4. The van der Waals surface area contributed by atoms with Crippen molar-refractivity contribution in [2.75, 3.05) is 13.2 Å². The van der Waals surface area contributed by atoms with E-state index in [0.29, 0.717) is 19.3 Å². The molecule has 0 N–H and O–H groups in total. The van der Waals surface area contributed by atoms with E-state index >= 15 is 0 Å². The minimum Gasteiger partial charge on any atom is -0.462 e. The Morgan fingerprint density at radius 1 is 0.266 bits per heavy atom. The zero-order valence-corrected chi connectivity index (χ0v) is 52.6. The fourth-order valence-electron chi connectivity index (χ4n) is 10.1. The van der Waals surface area contributed by atoms with E-state index in [1.165, 1.54) is 218 Å². The summed E-state index contributed by atoms with van der Waals surface area (Å²) in [6.45, 7) is 6.56. The van der Waals surface area contributed by atoms with E-state index in [-0.39, 0.29) is 31.1 Å². The summed E-state index contributed by atoms with van der Waals surface area (Å²) >= 11 is 0. The van der Waals surface area contributed by atoms with Crippen LogP contribution in [0.4, 0.5) is 0 Å². The number of carbonyl (C=O) groups excluding carboxylic acids is 3. The number of esters is 3. The smallest absolute Gasteiger partial charge is 0.306 e. The van der Waals surface area contributed by atoms with Crippen molar-refractivity contribution in [3.05, 3.63) is 72.9 Å². The van der Waals surface area contributed by atoms with E-state index in [0.717, 1.165) is 96.3 Å². The Hall–Kier alpha value is -3.15. The number of carbonyl (C=O) groups is 3. The van der Waals surface area contributed by atoms with Crippen LogP contribution in [0.2, 0.25) is 0 Å². The maximum absolute atomic E-state index is 12.9. The van der Waals surface area contributed by atoms with Gasteiger partial charge in [0.15, 0.2) is 6.10 Å². The van der Waals surface area contributed by atoms with Crippen LogP contribution in [-0.4, -0.2) is 37.2 Å². The third-order valence-electron chi connectivity index (χ3n) is 15.2. The highest BCUT2D eigenvalue weighted by Crippen LogP contribution is 2.18. The van der Waals surface area contributed by atoms with Crippen molar-refractivity contribution in [1.29, 1.82) is 0 Å². The Balaban J connectivity index is 4.13. The van der Waals surface area contributed by atoms with E-state index in [1.54, 1.807) is 0 Å². The minimum atomic E-state index is -0.776. The topological polar surface area (TPSA) is 78.9 Å². The van der Waals surface area contributed by atoms with Crippen molar-refractivity contribution in [3.8, 4) is 0 Å². The van der Waals surface area contributed by atoms with Crippen molar-refractivity contribution >= 4 is 17.9 Å². The fraction of sp³-hybridized carbons (Fsp3) is 0.795. The molecule has 0 aliphatic rings. The second-order valence-corrected chi connectivity index (χ2v) is 23.1. The third kappa shape index (κ3) is 65.5. The molecule has 0 aliphatic heterocycles. The summed E-state index contributed by atoms with van der Waals surface area (Å²) in [7, 11) is 0. The van der Waals surface area contributed by atoms with Gasteiger partial charge in [0, 0.05) is 19.3 Å². The van der Waals surface area contributed by atoms with Gasteiger partial charge in [-0.1, -0.05) is 318 Å². The van der Waals surface area contributed by atoms with E-state index in [1.807, 2.05) is 0 Å². The van der Waals surface area contributed by atoms with Crippen LogP contribution in [-0.2, 0) is 28.6 Å². The molecule has 0 aromatic rings. The predicted octanol–water partition coefficient (Wildman–Crippen LogP) is 23.7. The zero-order valence-electron chi connectivity index (χ0n) is 52.6. The molecule has 0 heterocycles. The second-order valence-electron chi connectivity index (χ2n) is 23.1. The summed E-state index contributed by atoms with van der Waals surface area (Å²) < 4.78 is 16.9. The van der Waals surface area contributed by atoms with Crippen molar-refractivity contribution < 1.29 is 28.6 Å². The monoisotopic (exact) mass is 1100 g/mol. The minimum absolute atomic E-state index is 0.0725. The molecule has 458 valence electrons. The molecule has 0 spiro atoms. The van der Waals surface area contributed by atoms with Crippen molar-refractivity contribution in [2.45, 2.75) is 361 Å². The average molecular weight is 1100 g/mol. The quantitative estimate of drug-likeness (QED) is 0.0261. The van der Waals surface area contributed by atoms with Crippen molar-refractivity contribution in [2.24, 2.45) is 0 Å².